The van der Waals surface area contributed by atoms with E-state index in [9.17, 15) is 19.7 Å². The summed E-state index contributed by atoms with van der Waals surface area (Å²) in [6, 6.07) is 6.46. The molecule has 33 heavy (non-hydrogen) atoms. The number of aryl methyl sites for hydroxylation is 1. The Hall–Kier alpha value is -3.75. The molecule has 9 nitrogen and oxygen atoms in total. The molecule has 1 fully saturated rings. The van der Waals surface area contributed by atoms with Gasteiger partial charge in [-0.05, 0) is 50.5 Å². The van der Waals surface area contributed by atoms with Crippen LogP contribution in [0.5, 0.6) is 0 Å². The summed E-state index contributed by atoms with van der Waals surface area (Å²) in [7, 11) is 0. The van der Waals surface area contributed by atoms with Gasteiger partial charge >= 0.3 is 5.88 Å². The number of piperidine rings is 1. The first-order chi connectivity index (χ1) is 15.9. The van der Waals surface area contributed by atoms with Crippen molar-refractivity contribution in [3.05, 3.63) is 75.3 Å². The molecule has 9 heteroatoms. The second-order valence-corrected chi connectivity index (χ2v) is 8.26. The highest BCUT2D eigenvalue weighted by Crippen LogP contribution is 2.30. The Bertz CT molecular complexity index is 1110. The van der Waals surface area contributed by atoms with E-state index in [1.165, 1.54) is 24.3 Å². The molecule has 0 radical (unpaired) electrons. The molecule has 2 amide bonds. The molecule has 1 saturated heterocycles. The minimum atomic E-state index is -0.621. The van der Waals surface area contributed by atoms with Gasteiger partial charge in [-0.1, -0.05) is 12.2 Å². The van der Waals surface area contributed by atoms with Gasteiger partial charge < -0.3 is 14.2 Å². The number of nitrogens with zero attached hydrogens (tertiary/aromatic N) is 4. The molecule has 0 aromatic carbocycles. The van der Waals surface area contributed by atoms with E-state index in [0.29, 0.717) is 44.6 Å². The molecule has 0 aliphatic carbocycles. The van der Waals surface area contributed by atoms with Crippen molar-refractivity contribution in [1.29, 1.82) is 0 Å². The molecule has 0 atom stereocenters. The van der Waals surface area contributed by atoms with E-state index in [-0.39, 0.29) is 29.4 Å². The minimum Gasteiger partial charge on any atom is -0.401 e. The maximum atomic E-state index is 13.1. The summed E-state index contributed by atoms with van der Waals surface area (Å²) >= 11 is 0. The van der Waals surface area contributed by atoms with E-state index in [0.717, 1.165) is 17.8 Å². The van der Waals surface area contributed by atoms with Crippen LogP contribution in [0, 0.1) is 17.0 Å². The Morgan fingerprint density at radius 2 is 1.91 bits per heavy atom. The molecule has 2 aromatic rings. The number of amides is 2. The summed E-state index contributed by atoms with van der Waals surface area (Å²) in [5.74, 6) is -0.175. The molecule has 172 valence electrons. The van der Waals surface area contributed by atoms with Crippen molar-refractivity contribution < 1.29 is 18.9 Å². The molecule has 0 spiro atoms. The van der Waals surface area contributed by atoms with Crippen molar-refractivity contribution >= 4 is 23.8 Å². The second kappa shape index (κ2) is 9.81. The summed E-state index contributed by atoms with van der Waals surface area (Å²) in [4.78, 5) is 44.1. The molecule has 0 bridgehead atoms. The van der Waals surface area contributed by atoms with Crippen molar-refractivity contribution in [2.24, 2.45) is 0 Å². The lowest BCUT2D eigenvalue weighted by molar-refractivity contribution is -0.402. The largest absolute Gasteiger partial charge is 0.433 e. The van der Waals surface area contributed by atoms with Gasteiger partial charge in [-0.15, -0.1) is 0 Å². The molecular formula is C24H26N4O5. The van der Waals surface area contributed by atoms with Crippen molar-refractivity contribution in [3.8, 4) is 0 Å². The van der Waals surface area contributed by atoms with Gasteiger partial charge in [-0.25, -0.2) is 0 Å². The Morgan fingerprint density at radius 3 is 2.58 bits per heavy atom. The van der Waals surface area contributed by atoms with E-state index < -0.39 is 4.92 Å². The van der Waals surface area contributed by atoms with Crippen LogP contribution < -0.4 is 0 Å². The summed E-state index contributed by atoms with van der Waals surface area (Å²) in [6.07, 6.45) is 9.19. The van der Waals surface area contributed by atoms with Crippen molar-refractivity contribution in [1.82, 2.24) is 14.8 Å². The van der Waals surface area contributed by atoms with E-state index in [1.54, 1.807) is 4.90 Å². The van der Waals surface area contributed by atoms with Crippen molar-refractivity contribution in [3.63, 3.8) is 0 Å². The second-order valence-electron chi connectivity index (χ2n) is 8.26. The molecule has 0 N–H and O–H groups in total. The normalized spacial score (nSPS) is 17.0. The number of aromatic nitrogens is 1. The minimum absolute atomic E-state index is 0.0100. The molecule has 2 aliphatic rings. The lowest BCUT2D eigenvalue weighted by Crippen LogP contribution is -2.38. The van der Waals surface area contributed by atoms with Crippen LogP contribution in [0.4, 0.5) is 5.88 Å². The summed E-state index contributed by atoms with van der Waals surface area (Å²) in [6.45, 7) is 4.33. The predicted molar refractivity (Wildman–Crippen MR) is 122 cm³/mol. The van der Waals surface area contributed by atoms with Crippen LogP contribution >= 0.6 is 0 Å². The molecule has 4 heterocycles. The fraction of sp³-hybridized carbons (Fsp3) is 0.375. The van der Waals surface area contributed by atoms with Crippen molar-refractivity contribution in [2.45, 2.75) is 32.1 Å². The molecule has 0 unspecified atom stereocenters. The number of carbonyl (C=O) groups is 2. The highest BCUT2D eigenvalue weighted by Gasteiger charge is 2.29. The molecule has 0 saturated carbocycles. The topological polar surface area (TPSA) is 110 Å². The number of hydrogen-bond acceptors (Lipinski definition) is 6. The third kappa shape index (κ3) is 5.19. The first kappa shape index (κ1) is 22.4. The van der Waals surface area contributed by atoms with E-state index in [1.807, 2.05) is 30.0 Å². The molecule has 4 rings (SSSR count). The van der Waals surface area contributed by atoms with Crippen LogP contribution in [0.3, 0.4) is 0 Å². The SMILES string of the molecule is Cc1ccc(C(=O)N2CC=CCC2)c(C2CCN(C(=O)C=Cc3ccc([N+](=O)[O-])o3)CC2)n1. The smallest absolute Gasteiger partial charge is 0.401 e. The van der Waals surface area contributed by atoms with Gasteiger partial charge in [0.05, 0.1) is 17.3 Å². The van der Waals surface area contributed by atoms with Gasteiger partial charge in [0.2, 0.25) is 5.91 Å². The van der Waals surface area contributed by atoms with E-state index in [4.69, 9.17) is 9.40 Å². The maximum absolute atomic E-state index is 13.1. The number of furan rings is 1. The van der Waals surface area contributed by atoms with Crippen LogP contribution in [0.25, 0.3) is 6.08 Å². The predicted octanol–water partition coefficient (Wildman–Crippen LogP) is 3.71. The van der Waals surface area contributed by atoms with Gasteiger partial charge in [-0.2, -0.15) is 0 Å². The van der Waals surface area contributed by atoms with Gasteiger partial charge in [0, 0.05) is 43.9 Å². The van der Waals surface area contributed by atoms with Crippen LogP contribution in [0.2, 0.25) is 0 Å². The fourth-order valence-corrected chi connectivity index (χ4v) is 4.23. The summed E-state index contributed by atoms with van der Waals surface area (Å²) < 4.78 is 5.05. The van der Waals surface area contributed by atoms with Crippen LogP contribution in [-0.2, 0) is 4.79 Å². The first-order valence-electron chi connectivity index (χ1n) is 11.1. The lowest BCUT2D eigenvalue weighted by Gasteiger charge is -2.32. The number of likely N-dealkylation sites (tertiary alicyclic amines) is 1. The number of rotatable bonds is 5. The molecule has 2 aromatic heterocycles. The highest BCUT2D eigenvalue weighted by molar-refractivity contribution is 5.95. The Morgan fingerprint density at radius 1 is 1.12 bits per heavy atom. The fourth-order valence-electron chi connectivity index (χ4n) is 4.23. The number of hydrogen-bond donors (Lipinski definition) is 0. The molecule has 2 aliphatic heterocycles. The van der Waals surface area contributed by atoms with Crippen LogP contribution in [-0.4, -0.2) is 57.7 Å². The monoisotopic (exact) mass is 450 g/mol. The average Bonchev–Trinajstić information content (AvgIpc) is 3.32. The van der Waals surface area contributed by atoms with Crippen molar-refractivity contribution in [2.75, 3.05) is 26.2 Å². The molecular weight excluding hydrogens is 424 g/mol. The third-order valence-electron chi connectivity index (χ3n) is 6.02. The quantitative estimate of drug-likeness (QED) is 0.297. The van der Waals surface area contributed by atoms with Gasteiger partial charge in [0.15, 0.2) is 0 Å². The number of carbonyl (C=O) groups excluding carboxylic acids is 2. The van der Waals surface area contributed by atoms with E-state index >= 15 is 0 Å². The lowest BCUT2D eigenvalue weighted by atomic mass is 9.89. The summed E-state index contributed by atoms with van der Waals surface area (Å²) in [5.41, 5.74) is 2.34. The van der Waals surface area contributed by atoms with Gasteiger partial charge in [0.1, 0.15) is 10.7 Å². The Balaban J connectivity index is 1.41. The highest BCUT2D eigenvalue weighted by atomic mass is 16.6. The van der Waals surface area contributed by atoms with Gasteiger partial charge in [0.25, 0.3) is 5.91 Å². The van der Waals surface area contributed by atoms with Crippen LogP contribution in [0.1, 0.15) is 52.7 Å². The zero-order valence-electron chi connectivity index (χ0n) is 18.5. The Labute approximate surface area is 191 Å². The Kier molecular flexibility index (Phi) is 6.67. The van der Waals surface area contributed by atoms with Gasteiger partial charge in [-0.3, -0.25) is 24.7 Å². The standard InChI is InChI=1S/C24H26N4O5/c1-17-5-8-20(24(30)27-13-3-2-4-14-27)23(25-17)18-11-15-26(16-12-18)21(29)9-6-19-7-10-22(33-19)28(31)32/h2-3,5-10,18H,4,11-16H2,1H3. The zero-order valence-corrected chi connectivity index (χ0v) is 18.5. The number of nitro groups is 1. The van der Waals surface area contributed by atoms with E-state index in [2.05, 4.69) is 6.08 Å². The van der Waals surface area contributed by atoms with Crippen LogP contribution in [0.15, 0.2) is 46.9 Å². The average molecular weight is 450 g/mol. The summed E-state index contributed by atoms with van der Waals surface area (Å²) in [5, 5.41) is 10.7. The first-order valence-corrected chi connectivity index (χ1v) is 11.1. The number of pyridine rings is 1. The zero-order chi connectivity index (χ0) is 23.4. The maximum Gasteiger partial charge on any atom is 0.433 e. The third-order valence-corrected chi connectivity index (χ3v) is 6.02.